The van der Waals surface area contributed by atoms with E-state index in [-0.39, 0.29) is 73.3 Å². The minimum Gasteiger partial charge on any atom is -0.481 e. The molecule has 1 saturated heterocycles. The van der Waals surface area contributed by atoms with Gasteiger partial charge in [0.25, 0.3) is 0 Å². The summed E-state index contributed by atoms with van der Waals surface area (Å²) in [6, 6.07) is 1.08. The summed E-state index contributed by atoms with van der Waals surface area (Å²) in [6.45, 7) is 1.57. The number of amides is 1. The summed E-state index contributed by atoms with van der Waals surface area (Å²) in [5.41, 5.74) is 4.23. The lowest BCUT2D eigenvalue weighted by Gasteiger charge is -2.36. The van der Waals surface area contributed by atoms with Gasteiger partial charge in [0.15, 0.2) is 12.7 Å². The zero-order chi connectivity index (χ0) is 40.7. The van der Waals surface area contributed by atoms with Crippen molar-refractivity contribution >= 4 is 64.7 Å². The molecule has 2 fully saturated rings. The fraction of sp³-hybridized carbons (Fsp3) is 0.706. The first-order chi connectivity index (χ1) is 26.0. The lowest BCUT2D eigenvalue weighted by molar-refractivity contribution is -0.162. The summed E-state index contributed by atoms with van der Waals surface area (Å²) in [7, 11) is 0. The van der Waals surface area contributed by atoms with Gasteiger partial charge in [-0.25, -0.2) is 9.59 Å². The minimum absolute atomic E-state index is 0.0409. The molecule has 2 aliphatic rings. The number of aliphatic carboxylic acids is 1. The number of carbonyl (C=O) groups is 6. The van der Waals surface area contributed by atoms with Gasteiger partial charge in [0.2, 0.25) is 12.1 Å². The number of ketones is 2. The van der Waals surface area contributed by atoms with Crippen LogP contribution < -0.4 is 16.7 Å². The van der Waals surface area contributed by atoms with Crippen molar-refractivity contribution in [1.29, 1.82) is 0 Å². The average Bonchev–Trinajstić information content (AvgIpc) is 3.33. The first kappa shape index (κ1) is 45.7. The Morgan fingerprint density at radius 1 is 1.05 bits per heavy atom. The molecule has 1 aromatic heterocycles. The van der Waals surface area contributed by atoms with Crippen LogP contribution in [0.3, 0.4) is 0 Å². The molecule has 0 radical (unpaired) electrons. The highest BCUT2D eigenvalue weighted by molar-refractivity contribution is 8.04. The average molecular weight is 823 g/mol. The van der Waals surface area contributed by atoms with E-state index >= 15 is 0 Å². The topological polar surface area (TPSA) is 253 Å². The Labute approximate surface area is 324 Å². The van der Waals surface area contributed by atoms with E-state index in [9.17, 15) is 52.6 Å². The van der Waals surface area contributed by atoms with Crippen LogP contribution in [0.2, 0.25) is 0 Å². The number of carboxylic acids is 1. The number of alkyl halides is 2. The number of thioether (sulfide) groups is 2. The highest BCUT2D eigenvalue weighted by Gasteiger charge is 2.60. The molecule has 1 aromatic rings. The molecule has 7 atom stereocenters. The van der Waals surface area contributed by atoms with E-state index in [1.54, 1.807) is 11.8 Å². The fourth-order valence-corrected chi connectivity index (χ4v) is 8.73. The third kappa shape index (κ3) is 14.4. The van der Waals surface area contributed by atoms with Crippen LogP contribution in [0, 0.1) is 11.8 Å². The van der Waals surface area contributed by atoms with Gasteiger partial charge in [-0.2, -0.15) is 37.3 Å². The summed E-state index contributed by atoms with van der Waals surface area (Å²) in [5, 5.41) is 22.5. The maximum atomic E-state index is 14.7. The van der Waals surface area contributed by atoms with E-state index in [0.717, 1.165) is 25.1 Å². The molecule has 2 heterocycles. The second kappa shape index (κ2) is 22.2. The van der Waals surface area contributed by atoms with Crippen molar-refractivity contribution in [1.82, 2.24) is 14.9 Å². The van der Waals surface area contributed by atoms with Crippen molar-refractivity contribution < 1.29 is 66.7 Å². The Morgan fingerprint density at radius 3 is 2.31 bits per heavy atom. The highest BCUT2D eigenvalue weighted by Crippen LogP contribution is 2.43. The number of nitrogens with zero attached hydrogens (tertiary/aromatic N) is 2. The first-order valence-electron chi connectivity index (χ1n) is 17.7. The number of nitrogens with two attached hydrogens (primary N) is 1. The van der Waals surface area contributed by atoms with Gasteiger partial charge in [0.1, 0.15) is 30.1 Å². The Bertz CT molecular complexity index is 1570. The molecule has 55 heavy (non-hydrogen) atoms. The van der Waals surface area contributed by atoms with Crippen molar-refractivity contribution in [2.75, 3.05) is 50.2 Å². The van der Waals surface area contributed by atoms with Gasteiger partial charge in [-0.15, -0.1) is 0 Å². The molecule has 1 amide bonds. The van der Waals surface area contributed by atoms with Crippen molar-refractivity contribution in [3.63, 3.8) is 0 Å². The van der Waals surface area contributed by atoms with Crippen LogP contribution in [0.1, 0.15) is 65.0 Å². The number of ether oxygens (including phenoxy) is 4. The predicted molar refractivity (Wildman–Crippen MR) is 194 cm³/mol. The standard InChI is InChI=1S/C34H48F2N4O13S2/c1-3-20(31(47)48)17-54-24-4-5-25(24)55-18-21(14-22(42)9-13-50-12-8-19(2)41)30(46)38-10-6-27(43)52-16-28(44)51-15-23-29(45)34(35,36)32(53-23)40-11-7-26(37)39-33(40)49/h7,11,20-21,23-25,29,32,45H,3-6,8-10,12-18H2,1-2H3,(H,38,46)(H,47,48)(H2,37,39,49)/t20?,21?,23-,24?,25?,29-,32-/m0/s1. The summed E-state index contributed by atoms with van der Waals surface area (Å²) < 4.78 is 50.0. The van der Waals surface area contributed by atoms with Crippen LogP contribution in [-0.4, -0.2) is 128 Å². The third-order valence-electron chi connectivity index (χ3n) is 8.86. The molecule has 308 valence electrons. The normalized spacial score (nSPS) is 22.5. The molecule has 4 unspecified atom stereocenters. The molecule has 5 N–H and O–H groups in total. The molecule has 1 aliphatic carbocycles. The van der Waals surface area contributed by atoms with Gasteiger partial charge in [-0.3, -0.25) is 28.5 Å². The van der Waals surface area contributed by atoms with E-state index in [4.69, 9.17) is 24.7 Å². The maximum Gasteiger partial charge on any atom is 0.351 e. The molecule has 1 aliphatic heterocycles. The second-order valence-corrected chi connectivity index (χ2v) is 15.6. The van der Waals surface area contributed by atoms with E-state index in [1.165, 1.54) is 18.7 Å². The smallest absolute Gasteiger partial charge is 0.351 e. The molecule has 17 nitrogen and oxygen atoms in total. The zero-order valence-corrected chi connectivity index (χ0v) is 32.2. The Morgan fingerprint density at radius 2 is 1.71 bits per heavy atom. The van der Waals surface area contributed by atoms with Crippen LogP contribution in [0.15, 0.2) is 17.1 Å². The van der Waals surface area contributed by atoms with Gasteiger partial charge in [0.05, 0.1) is 31.5 Å². The number of aliphatic hydroxyl groups excluding tert-OH is 1. The molecule has 0 bridgehead atoms. The van der Waals surface area contributed by atoms with Crippen LogP contribution >= 0.6 is 23.5 Å². The number of aliphatic hydroxyl groups is 1. The number of carboxylic acid groups (broad SMARTS) is 1. The number of nitrogens with one attached hydrogen (secondary N) is 1. The lowest BCUT2D eigenvalue weighted by atomic mass is 9.99. The van der Waals surface area contributed by atoms with Crippen molar-refractivity contribution in [2.45, 2.75) is 93.7 Å². The Balaban J connectivity index is 1.44. The van der Waals surface area contributed by atoms with Crippen LogP contribution in [0.4, 0.5) is 14.6 Å². The van der Waals surface area contributed by atoms with Gasteiger partial charge in [-0.1, -0.05) is 6.92 Å². The zero-order valence-electron chi connectivity index (χ0n) is 30.5. The quantitative estimate of drug-likeness (QED) is 0.0803. The highest BCUT2D eigenvalue weighted by atomic mass is 32.2. The predicted octanol–water partition coefficient (Wildman–Crippen LogP) is 1.38. The lowest BCUT2D eigenvalue weighted by Crippen LogP contribution is -2.42. The summed E-state index contributed by atoms with van der Waals surface area (Å²) >= 11 is 3.13. The first-order valence-corrected chi connectivity index (χ1v) is 19.8. The van der Waals surface area contributed by atoms with E-state index in [1.807, 2.05) is 6.92 Å². The van der Waals surface area contributed by atoms with Crippen molar-refractivity contribution in [2.24, 2.45) is 11.8 Å². The Hall–Kier alpha value is -3.66. The number of hydrogen-bond acceptors (Lipinski definition) is 16. The molecule has 21 heteroatoms. The van der Waals surface area contributed by atoms with E-state index in [2.05, 4.69) is 10.3 Å². The number of Topliss-reactive ketones (excluding diaryl/α,β-unsaturated/α-hetero) is 2. The molecular weight excluding hydrogens is 775 g/mol. The maximum absolute atomic E-state index is 14.7. The molecule has 3 rings (SSSR count). The van der Waals surface area contributed by atoms with Gasteiger partial charge < -0.3 is 40.2 Å². The minimum atomic E-state index is -3.97. The number of anilines is 1. The summed E-state index contributed by atoms with van der Waals surface area (Å²) in [5.74, 6) is -8.21. The van der Waals surface area contributed by atoms with Gasteiger partial charge in [0, 0.05) is 54.0 Å². The molecule has 0 spiro atoms. The Kier molecular flexibility index (Phi) is 18.4. The van der Waals surface area contributed by atoms with Gasteiger partial charge >= 0.3 is 29.5 Å². The second-order valence-electron chi connectivity index (χ2n) is 13.1. The monoisotopic (exact) mass is 822 g/mol. The van der Waals surface area contributed by atoms with Crippen LogP contribution in [0.5, 0.6) is 0 Å². The third-order valence-corrected chi connectivity index (χ3v) is 12.2. The van der Waals surface area contributed by atoms with Crippen molar-refractivity contribution in [3.05, 3.63) is 22.7 Å². The van der Waals surface area contributed by atoms with E-state index in [0.29, 0.717) is 22.5 Å². The number of rotatable bonds is 25. The number of hydrogen-bond donors (Lipinski definition) is 4. The number of nitrogen functional groups attached to an aromatic ring is 1. The number of esters is 2. The van der Waals surface area contributed by atoms with Crippen LogP contribution in [-0.2, 0) is 47.7 Å². The van der Waals surface area contributed by atoms with E-state index < -0.39 is 78.9 Å². The summed E-state index contributed by atoms with van der Waals surface area (Å²) in [6.07, 6.45) is -3.40. The number of halogens is 2. The van der Waals surface area contributed by atoms with Crippen molar-refractivity contribution in [3.8, 4) is 0 Å². The summed E-state index contributed by atoms with van der Waals surface area (Å²) in [4.78, 5) is 88.3. The number of aromatic nitrogens is 2. The van der Waals surface area contributed by atoms with Crippen LogP contribution in [0.25, 0.3) is 0 Å². The van der Waals surface area contributed by atoms with Gasteiger partial charge in [-0.05, 0) is 32.3 Å². The number of carbonyl (C=O) groups excluding carboxylic acids is 5. The fourth-order valence-electron chi connectivity index (χ4n) is 5.34. The molecular formula is C34H48F2N4O13S2. The molecule has 0 aromatic carbocycles. The SMILES string of the molecule is CCC(CSC1CCC1SCC(CC(=O)CCOCCC(C)=O)C(=O)NCCC(=O)OCC(=O)OC[C@@H]1O[C@H](n2ccc(N)nc2=O)C(F)(F)[C@H]1O)C(=O)O. The molecule has 1 saturated carbocycles. The largest absolute Gasteiger partial charge is 0.481 e.